The van der Waals surface area contributed by atoms with Crippen LogP contribution in [0.1, 0.15) is 23.9 Å². The van der Waals surface area contributed by atoms with Gasteiger partial charge in [-0.15, -0.1) is 0 Å². The van der Waals surface area contributed by atoms with Crippen LogP contribution in [0.5, 0.6) is 0 Å². The van der Waals surface area contributed by atoms with Crippen LogP contribution < -0.4 is 0 Å². The van der Waals surface area contributed by atoms with Gasteiger partial charge in [-0.25, -0.2) is 9.98 Å². The number of aromatic nitrogens is 2. The van der Waals surface area contributed by atoms with E-state index in [1.165, 1.54) is 0 Å². The number of aliphatic imine (C=N–C) groups is 1. The maximum Gasteiger partial charge on any atom is 0.208 e. The molecule has 0 saturated carbocycles. The first-order valence-electron chi connectivity index (χ1n) is 5.87. The number of nitrogens with zero attached hydrogens (tertiary/aromatic N) is 4. The molecule has 0 amide bonds. The number of halogens is 1. The van der Waals surface area contributed by atoms with Crippen molar-refractivity contribution in [3.63, 3.8) is 0 Å². The van der Waals surface area contributed by atoms with Gasteiger partial charge in [0.1, 0.15) is 5.82 Å². The Labute approximate surface area is 99.5 Å². The minimum absolute atomic E-state index is 0.166. The standard InChI is InChI=1S/C12H15FN4/c1-16-4-5-17-10(7-15-12(17)8-16)9-2-3-11(13)14-6-9/h3,6-7,9H,2,4-5,8H2,1H3. The summed E-state index contributed by atoms with van der Waals surface area (Å²) < 4.78 is 15.1. The summed E-state index contributed by atoms with van der Waals surface area (Å²) in [5.41, 5.74) is 1.15. The molecule has 1 unspecified atom stereocenters. The molecular formula is C12H15FN4. The highest BCUT2D eigenvalue weighted by atomic mass is 19.1. The number of hydrogen-bond donors (Lipinski definition) is 0. The molecule has 5 heteroatoms. The third-order valence-corrected chi connectivity index (χ3v) is 3.38. The van der Waals surface area contributed by atoms with Gasteiger partial charge in [0, 0.05) is 37.1 Å². The molecule has 2 aliphatic rings. The fraction of sp³-hybridized carbons (Fsp3) is 0.500. The number of hydrogen-bond acceptors (Lipinski definition) is 3. The lowest BCUT2D eigenvalue weighted by Gasteiger charge is -2.26. The number of imidazole rings is 1. The minimum Gasteiger partial charge on any atom is -0.329 e. The fourth-order valence-electron chi connectivity index (χ4n) is 2.40. The Morgan fingerprint density at radius 2 is 2.29 bits per heavy atom. The highest BCUT2D eigenvalue weighted by molar-refractivity contribution is 5.69. The van der Waals surface area contributed by atoms with Crippen molar-refractivity contribution in [3.05, 3.63) is 29.7 Å². The van der Waals surface area contributed by atoms with Crippen LogP contribution in [-0.4, -0.2) is 34.3 Å². The number of rotatable bonds is 1. The smallest absolute Gasteiger partial charge is 0.208 e. The molecule has 17 heavy (non-hydrogen) atoms. The SMILES string of the molecule is CN1CCn2c(C3C=NC(F)=CC3)cnc2C1. The summed E-state index contributed by atoms with van der Waals surface area (Å²) in [4.78, 5) is 10.4. The Morgan fingerprint density at radius 1 is 1.41 bits per heavy atom. The third-order valence-electron chi connectivity index (χ3n) is 3.38. The van der Waals surface area contributed by atoms with E-state index in [0.717, 1.165) is 31.2 Å². The lowest BCUT2D eigenvalue weighted by Crippen LogP contribution is -2.31. The van der Waals surface area contributed by atoms with Crippen molar-refractivity contribution in [1.82, 2.24) is 14.5 Å². The summed E-state index contributed by atoms with van der Waals surface area (Å²) in [5.74, 6) is 0.885. The van der Waals surface area contributed by atoms with Crippen molar-refractivity contribution in [2.24, 2.45) is 4.99 Å². The van der Waals surface area contributed by atoms with Crippen molar-refractivity contribution in [2.75, 3.05) is 13.6 Å². The molecule has 0 radical (unpaired) electrons. The zero-order valence-corrected chi connectivity index (χ0v) is 9.80. The van der Waals surface area contributed by atoms with Crippen molar-refractivity contribution in [1.29, 1.82) is 0 Å². The predicted octanol–water partition coefficient (Wildman–Crippen LogP) is 1.70. The highest BCUT2D eigenvalue weighted by Crippen LogP contribution is 2.26. The summed E-state index contributed by atoms with van der Waals surface area (Å²) in [7, 11) is 2.10. The van der Waals surface area contributed by atoms with Gasteiger partial charge in [0.05, 0.1) is 6.54 Å². The molecule has 1 aromatic rings. The lowest BCUT2D eigenvalue weighted by atomic mass is 10.0. The second kappa shape index (κ2) is 4.07. The monoisotopic (exact) mass is 234 g/mol. The highest BCUT2D eigenvalue weighted by Gasteiger charge is 2.22. The Balaban J connectivity index is 1.88. The second-order valence-corrected chi connectivity index (χ2v) is 4.64. The Morgan fingerprint density at radius 3 is 3.06 bits per heavy atom. The first-order valence-corrected chi connectivity index (χ1v) is 5.87. The van der Waals surface area contributed by atoms with Gasteiger partial charge in [-0.05, 0) is 19.5 Å². The second-order valence-electron chi connectivity index (χ2n) is 4.64. The van der Waals surface area contributed by atoms with Gasteiger partial charge in [-0.3, -0.25) is 4.90 Å². The zero-order chi connectivity index (χ0) is 11.8. The van der Waals surface area contributed by atoms with Gasteiger partial charge >= 0.3 is 0 Å². The molecule has 0 fully saturated rings. The van der Waals surface area contributed by atoms with Gasteiger partial charge in [-0.1, -0.05) is 0 Å². The molecule has 2 aliphatic heterocycles. The van der Waals surface area contributed by atoms with Crippen molar-refractivity contribution >= 4 is 6.21 Å². The van der Waals surface area contributed by atoms with Crippen molar-refractivity contribution in [3.8, 4) is 0 Å². The lowest BCUT2D eigenvalue weighted by molar-refractivity contribution is 0.262. The Kier molecular flexibility index (Phi) is 2.55. The van der Waals surface area contributed by atoms with Crippen LogP contribution in [0.15, 0.2) is 23.2 Å². The van der Waals surface area contributed by atoms with E-state index >= 15 is 0 Å². The summed E-state index contributed by atoms with van der Waals surface area (Å²) in [6.45, 7) is 2.87. The summed E-state index contributed by atoms with van der Waals surface area (Å²) in [5, 5.41) is 0. The first kappa shape index (κ1) is 10.7. The van der Waals surface area contributed by atoms with E-state index in [2.05, 4.69) is 26.5 Å². The van der Waals surface area contributed by atoms with Gasteiger partial charge in [0.25, 0.3) is 0 Å². The Bertz CT molecular complexity index is 489. The van der Waals surface area contributed by atoms with E-state index in [1.807, 2.05) is 6.20 Å². The maximum atomic E-state index is 12.8. The molecule has 0 N–H and O–H groups in total. The average Bonchev–Trinajstić information content (AvgIpc) is 2.73. The Hall–Kier alpha value is -1.49. The summed E-state index contributed by atoms with van der Waals surface area (Å²) in [6, 6.07) is 0. The number of fused-ring (bicyclic) bond motifs is 1. The van der Waals surface area contributed by atoms with Crippen LogP contribution >= 0.6 is 0 Å². The van der Waals surface area contributed by atoms with Crippen molar-refractivity contribution < 1.29 is 4.39 Å². The minimum atomic E-state index is -0.376. The van der Waals surface area contributed by atoms with Crippen LogP contribution in [0.25, 0.3) is 0 Å². The molecule has 0 spiro atoms. The maximum absolute atomic E-state index is 12.8. The molecule has 4 nitrogen and oxygen atoms in total. The molecular weight excluding hydrogens is 219 g/mol. The van der Waals surface area contributed by atoms with Gasteiger partial charge in [0.2, 0.25) is 5.95 Å². The number of likely N-dealkylation sites (N-methyl/N-ethyl adjacent to an activating group) is 1. The molecule has 3 heterocycles. The van der Waals surface area contributed by atoms with E-state index in [1.54, 1.807) is 12.3 Å². The topological polar surface area (TPSA) is 33.4 Å². The normalized spacial score (nSPS) is 24.6. The molecule has 0 saturated heterocycles. The van der Waals surface area contributed by atoms with Crippen LogP contribution in [0.4, 0.5) is 4.39 Å². The molecule has 0 aromatic carbocycles. The predicted molar refractivity (Wildman–Crippen MR) is 63.6 cm³/mol. The van der Waals surface area contributed by atoms with Crippen LogP contribution in [0.3, 0.4) is 0 Å². The molecule has 3 rings (SSSR count). The summed E-state index contributed by atoms with van der Waals surface area (Å²) >= 11 is 0. The number of allylic oxidation sites excluding steroid dienone is 1. The van der Waals surface area contributed by atoms with Crippen molar-refractivity contribution in [2.45, 2.75) is 25.4 Å². The van der Waals surface area contributed by atoms with E-state index < -0.39 is 0 Å². The summed E-state index contributed by atoms with van der Waals surface area (Å²) in [6.07, 6.45) is 5.82. The van der Waals surface area contributed by atoms with Crippen LogP contribution in [0, 0.1) is 0 Å². The van der Waals surface area contributed by atoms with Gasteiger partial charge in [0.15, 0.2) is 0 Å². The third kappa shape index (κ3) is 1.91. The van der Waals surface area contributed by atoms with Gasteiger partial charge < -0.3 is 4.57 Å². The van der Waals surface area contributed by atoms with Crippen LogP contribution in [0.2, 0.25) is 0 Å². The van der Waals surface area contributed by atoms with Gasteiger partial charge in [-0.2, -0.15) is 4.39 Å². The van der Waals surface area contributed by atoms with E-state index in [4.69, 9.17) is 0 Å². The average molecular weight is 234 g/mol. The molecule has 1 aromatic heterocycles. The molecule has 0 bridgehead atoms. The fourth-order valence-corrected chi connectivity index (χ4v) is 2.40. The van der Waals surface area contributed by atoms with E-state index in [0.29, 0.717) is 6.42 Å². The molecule has 1 atom stereocenters. The van der Waals surface area contributed by atoms with E-state index in [9.17, 15) is 4.39 Å². The largest absolute Gasteiger partial charge is 0.329 e. The van der Waals surface area contributed by atoms with E-state index in [-0.39, 0.29) is 11.9 Å². The molecule has 90 valence electrons. The molecule has 0 aliphatic carbocycles. The first-order chi connectivity index (χ1) is 8.24. The quantitative estimate of drug-likeness (QED) is 0.693. The van der Waals surface area contributed by atoms with Crippen LogP contribution in [-0.2, 0) is 13.1 Å². The zero-order valence-electron chi connectivity index (χ0n) is 9.80.